The zero-order valence-corrected chi connectivity index (χ0v) is 17.0. The maximum absolute atomic E-state index is 12.9. The van der Waals surface area contributed by atoms with Crippen LogP contribution in [0.3, 0.4) is 0 Å². The number of sulfonamides is 1. The fraction of sp³-hybridized carbons (Fsp3) is 0.619. The van der Waals surface area contributed by atoms with E-state index in [-0.39, 0.29) is 35.7 Å². The van der Waals surface area contributed by atoms with Gasteiger partial charge in [-0.2, -0.15) is 0 Å². The van der Waals surface area contributed by atoms with Gasteiger partial charge in [0.1, 0.15) is 5.82 Å². The van der Waals surface area contributed by atoms with Crippen molar-refractivity contribution >= 4 is 21.8 Å². The number of halogens is 1. The molecular weight excluding hydrogens is 397 g/mol. The molecule has 0 heterocycles. The Balaban J connectivity index is 1.23. The van der Waals surface area contributed by atoms with Gasteiger partial charge in [-0.25, -0.2) is 17.5 Å². The minimum atomic E-state index is -3.83. The molecule has 0 spiro atoms. The molecule has 1 N–H and O–H groups in total. The van der Waals surface area contributed by atoms with Gasteiger partial charge in [-0.1, -0.05) is 0 Å². The van der Waals surface area contributed by atoms with E-state index in [2.05, 4.69) is 4.72 Å². The lowest BCUT2D eigenvalue weighted by atomic mass is 9.48. The van der Waals surface area contributed by atoms with Gasteiger partial charge in [0.15, 0.2) is 12.4 Å². The van der Waals surface area contributed by atoms with Gasteiger partial charge in [0.25, 0.3) is 0 Å². The predicted molar refractivity (Wildman–Crippen MR) is 103 cm³/mol. The lowest BCUT2D eigenvalue weighted by Crippen LogP contribution is -2.51. The van der Waals surface area contributed by atoms with Crippen LogP contribution in [0.4, 0.5) is 4.39 Å². The fourth-order valence-electron chi connectivity index (χ4n) is 5.81. The normalized spacial score (nSPS) is 30.3. The number of ether oxygens (including phenoxy) is 1. The van der Waals surface area contributed by atoms with Crippen molar-refractivity contribution in [3.8, 4) is 0 Å². The first-order valence-electron chi connectivity index (χ1n) is 10.2. The van der Waals surface area contributed by atoms with E-state index in [4.69, 9.17) is 4.74 Å². The number of carbonyl (C=O) groups excluding carboxylic acids is 2. The van der Waals surface area contributed by atoms with Crippen molar-refractivity contribution in [2.75, 3.05) is 13.2 Å². The number of hydrogen-bond acceptors (Lipinski definition) is 5. The van der Waals surface area contributed by atoms with Crippen LogP contribution in [-0.2, 0) is 24.3 Å². The third-order valence-electron chi connectivity index (χ3n) is 6.74. The predicted octanol–water partition coefficient (Wildman–Crippen LogP) is 2.82. The molecule has 5 rings (SSSR count). The summed E-state index contributed by atoms with van der Waals surface area (Å²) in [6, 6.07) is 4.41. The molecule has 6 nitrogen and oxygen atoms in total. The number of ketones is 1. The van der Waals surface area contributed by atoms with Crippen LogP contribution in [0, 0.1) is 29.0 Å². The van der Waals surface area contributed by atoms with Crippen LogP contribution in [0.25, 0.3) is 0 Å². The van der Waals surface area contributed by atoms with E-state index in [1.807, 2.05) is 0 Å². The first kappa shape index (κ1) is 20.5. The van der Waals surface area contributed by atoms with Gasteiger partial charge < -0.3 is 4.74 Å². The molecule has 4 fully saturated rings. The minimum Gasteiger partial charge on any atom is -0.458 e. The molecule has 0 unspecified atom stereocenters. The van der Waals surface area contributed by atoms with Crippen LogP contribution in [0.1, 0.15) is 44.9 Å². The molecule has 0 saturated heterocycles. The average molecular weight is 424 g/mol. The number of nitrogens with one attached hydrogen (secondary N) is 1. The highest BCUT2D eigenvalue weighted by molar-refractivity contribution is 7.89. The Morgan fingerprint density at radius 1 is 1.03 bits per heavy atom. The first-order chi connectivity index (χ1) is 13.8. The summed E-state index contributed by atoms with van der Waals surface area (Å²) in [4.78, 5) is 24.7. The van der Waals surface area contributed by atoms with Crippen LogP contribution >= 0.6 is 0 Å². The van der Waals surface area contributed by atoms with E-state index >= 15 is 0 Å². The number of esters is 1. The molecule has 0 aromatic heterocycles. The molecule has 0 aliphatic heterocycles. The molecule has 4 saturated carbocycles. The summed E-state index contributed by atoms with van der Waals surface area (Å²) < 4.78 is 44.6. The van der Waals surface area contributed by atoms with Gasteiger partial charge in [-0.3, -0.25) is 9.59 Å². The summed E-state index contributed by atoms with van der Waals surface area (Å²) in [5.41, 5.74) is -0.306. The standard InChI is InChI=1S/C21H26FNO5S/c22-17-1-3-18(4-2-17)29(26,27)23-6-5-20(25)28-13-19(24)21-10-14-7-15(11-21)9-16(8-14)12-21/h1-4,14-16,23H,5-13H2. The summed E-state index contributed by atoms with van der Waals surface area (Å²) in [5, 5.41) is 0. The second kappa shape index (κ2) is 7.80. The number of carbonyl (C=O) groups is 2. The lowest BCUT2D eigenvalue weighted by Gasteiger charge is -2.55. The third-order valence-corrected chi connectivity index (χ3v) is 8.22. The second-order valence-electron chi connectivity index (χ2n) is 8.88. The molecule has 4 aliphatic carbocycles. The van der Waals surface area contributed by atoms with Gasteiger partial charge >= 0.3 is 5.97 Å². The zero-order valence-electron chi connectivity index (χ0n) is 16.2. The van der Waals surface area contributed by atoms with Gasteiger partial charge in [-0.05, 0) is 80.5 Å². The Hall–Kier alpha value is -1.80. The molecule has 8 heteroatoms. The summed E-state index contributed by atoms with van der Waals surface area (Å²) in [6.07, 6.45) is 6.31. The summed E-state index contributed by atoms with van der Waals surface area (Å²) in [6.45, 7) is -0.375. The van der Waals surface area contributed by atoms with Crippen molar-refractivity contribution in [2.24, 2.45) is 23.2 Å². The van der Waals surface area contributed by atoms with Crippen LogP contribution in [0.2, 0.25) is 0 Å². The average Bonchev–Trinajstić information content (AvgIpc) is 2.65. The highest BCUT2D eigenvalue weighted by atomic mass is 32.2. The Bertz CT molecular complexity index is 861. The molecule has 0 atom stereocenters. The zero-order chi connectivity index (χ0) is 20.6. The van der Waals surface area contributed by atoms with E-state index < -0.39 is 21.8 Å². The van der Waals surface area contributed by atoms with Gasteiger partial charge in [0.2, 0.25) is 10.0 Å². The van der Waals surface area contributed by atoms with Crippen molar-refractivity contribution in [3.63, 3.8) is 0 Å². The Morgan fingerprint density at radius 3 is 2.14 bits per heavy atom. The van der Waals surface area contributed by atoms with Gasteiger partial charge in [0, 0.05) is 12.0 Å². The van der Waals surface area contributed by atoms with Crippen molar-refractivity contribution in [1.29, 1.82) is 0 Å². The Morgan fingerprint density at radius 2 is 1.59 bits per heavy atom. The van der Waals surface area contributed by atoms with E-state index in [0.717, 1.165) is 43.5 Å². The van der Waals surface area contributed by atoms with E-state index in [0.29, 0.717) is 17.8 Å². The molecule has 29 heavy (non-hydrogen) atoms. The first-order valence-corrected chi connectivity index (χ1v) is 11.7. The smallest absolute Gasteiger partial charge is 0.307 e. The van der Waals surface area contributed by atoms with Crippen molar-refractivity contribution in [3.05, 3.63) is 30.1 Å². The van der Waals surface area contributed by atoms with E-state index in [1.54, 1.807) is 0 Å². The highest BCUT2D eigenvalue weighted by Gasteiger charge is 2.54. The molecule has 0 radical (unpaired) electrons. The molecule has 0 amide bonds. The van der Waals surface area contributed by atoms with E-state index in [1.165, 1.54) is 19.3 Å². The number of hydrogen-bond donors (Lipinski definition) is 1. The maximum atomic E-state index is 12.9. The Kier molecular flexibility index (Phi) is 5.50. The number of benzene rings is 1. The van der Waals surface area contributed by atoms with Crippen LogP contribution in [0.5, 0.6) is 0 Å². The molecule has 4 bridgehead atoms. The van der Waals surface area contributed by atoms with Crippen LogP contribution in [0.15, 0.2) is 29.2 Å². The number of Topliss-reactive ketones (excluding diaryl/α,β-unsaturated/α-hetero) is 1. The molecule has 1 aromatic carbocycles. The Labute approximate surface area is 170 Å². The highest BCUT2D eigenvalue weighted by Crippen LogP contribution is 2.60. The SMILES string of the molecule is O=C(CCNS(=O)(=O)c1ccc(F)cc1)OCC(=O)C12CC3CC(CC(C3)C1)C2. The summed E-state index contributed by atoms with van der Waals surface area (Å²) >= 11 is 0. The quantitative estimate of drug-likeness (QED) is 0.650. The van der Waals surface area contributed by atoms with E-state index in [9.17, 15) is 22.4 Å². The minimum absolute atomic E-state index is 0.0249. The summed E-state index contributed by atoms with van der Waals surface area (Å²) in [5.74, 6) is 0.809. The van der Waals surface area contributed by atoms with Crippen molar-refractivity contribution in [2.45, 2.75) is 49.8 Å². The monoisotopic (exact) mass is 423 g/mol. The van der Waals surface area contributed by atoms with Gasteiger partial charge in [0.05, 0.1) is 11.3 Å². The fourth-order valence-corrected chi connectivity index (χ4v) is 6.84. The van der Waals surface area contributed by atoms with Crippen LogP contribution in [-0.4, -0.2) is 33.3 Å². The number of rotatable bonds is 8. The lowest BCUT2D eigenvalue weighted by molar-refractivity contribution is -0.157. The molecule has 1 aromatic rings. The maximum Gasteiger partial charge on any atom is 0.307 e. The van der Waals surface area contributed by atoms with Crippen molar-refractivity contribution in [1.82, 2.24) is 4.72 Å². The topological polar surface area (TPSA) is 89.5 Å². The second-order valence-corrected chi connectivity index (χ2v) is 10.7. The largest absolute Gasteiger partial charge is 0.458 e. The van der Waals surface area contributed by atoms with Crippen molar-refractivity contribution < 1.29 is 27.1 Å². The molecular formula is C21H26FNO5S. The van der Waals surface area contributed by atoms with Crippen LogP contribution < -0.4 is 4.72 Å². The summed E-state index contributed by atoms with van der Waals surface area (Å²) in [7, 11) is -3.83. The molecule has 4 aliphatic rings. The van der Waals surface area contributed by atoms with Gasteiger partial charge in [-0.15, -0.1) is 0 Å². The molecule has 158 valence electrons. The third kappa shape index (κ3) is 4.38.